The molecule has 0 spiro atoms. The van der Waals surface area contributed by atoms with Gasteiger partial charge in [-0.25, -0.2) is 4.39 Å². The summed E-state index contributed by atoms with van der Waals surface area (Å²) in [4.78, 5) is 30.0. The molecular formula is C23H23FN2O4S. The van der Waals surface area contributed by atoms with Crippen molar-refractivity contribution in [2.75, 3.05) is 38.7 Å². The molecule has 3 aliphatic rings. The van der Waals surface area contributed by atoms with Gasteiger partial charge >= 0.3 is 0 Å². The van der Waals surface area contributed by atoms with Gasteiger partial charge < -0.3 is 19.3 Å². The van der Waals surface area contributed by atoms with E-state index in [1.54, 1.807) is 12.1 Å². The number of halogens is 1. The standard InChI is InChI=1S/C23H23FN2O4S/c24-16-2-4-17(5-3-16)31-13-22(27)25-7-9-26(10-8-25)23(28)19-12-18(19)15-1-6-20-21(11-15)30-14-29-20/h1-6,11,18-19H,7-10,12-14H2. The van der Waals surface area contributed by atoms with Gasteiger partial charge in [0.1, 0.15) is 5.82 Å². The predicted molar refractivity (Wildman–Crippen MR) is 114 cm³/mol. The fraction of sp³-hybridized carbons (Fsp3) is 0.391. The lowest BCUT2D eigenvalue weighted by molar-refractivity contribution is -0.139. The van der Waals surface area contributed by atoms with Crippen LogP contribution in [0.15, 0.2) is 47.4 Å². The maximum atomic E-state index is 13.0. The number of fused-ring (bicyclic) bond motifs is 1. The third-order valence-electron chi connectivity index (χ3n) is 6.05. The highest BCUT2D eigenvalue weighted by molar-refractivity contribution is 8.00. The predicted octanol–water partition coefficient (Wildman–Crippen LogP) is 3.12. The number of hydrogen-bond acceptors (Lipinski definition) is 5. The summed E-state index contributed by atoms with van der Waals surface area (Å²) in [6.45, 7) is 2.48. The molecule has 1 saturated carbocycles. The fourth-order valence-electron chi connectivity index (χ4n) is 4.16. The zero-order valence-electron chi connectivity index (χ0n) is 17.0. The lowest BCUT2D eigenvalue weighted by Crippen LogP contribution is -2.51. The Morgan fingerprint density at radius 2 is 1.68 bits per heavy atom. The fourth-order valence-corrected chi connectivity index (χ4v) is 4.96. The van der Waals surface area contributed by atoms with Gasteiger partial charge in [-0.15, -0.1) is 11.8 Å². The molecule has 0 bridgehead atoms. The molecule has 162 valence electrons. The van der Waals surface area contributed by atoms with Crippen molar-refractivity contribution in [1.82, 2.24) is 9.80 Å². The van der Waals surface area contributed by atoms with Gasteiger partial charge in [0, 0.05) is 37.0 Å². The van der Waals surface area contributed by atoms with Crippen molar-refractivity contribution in [3.8, 4) is 11.5 Å². The Labute approximate surface area is 184 Å². The molecule has 2 amide bonds. The van der Waals surface area contributed by atoms with E-state index in [0.717, 1.165) is 28.4 Å². The van der Waals surface area contributed by atoms with Gasteiger partial charge in [0.05, 0.1) is 5.75 Å². The van der Waals surface area contributed by atoms with Crippen molar-refractivity contribution in [3.05, 3.63) is 53.8 Å². The highest BCUT2D eigenvalue weighted by atomic mass is 32.2. The number of piperazine rings is 1. The van der Waals surface area contributed by atoms with E-state index in [9.17, 15) is 14.0 Å². The van der Waals surface area contributed by atoms with Crippen LogP contribution in [0.4, 0.5) is 4.39 Å². The van der Waals surface area contributed by atoms with Crippen LogP contribution in [-0.2, 0) is 9.59 Å². The van der Waals surface area contributed by atoms with Crippen molar-refractivity contribution in [2.45, 2.75) is 17.2 Å². The molecule has 2 aromatic rings. The first-order valence-electron chi connectivity index (χ1n) is 10.4. The van der Waals surface area contributed by atoms with E-state index in [2.05, 4.69) is 0 Å². The number of amides is 2. The molecule has 0 N–H and O–H groups in total. The van der Waals surface area contributed by atoms with E-state index >= 15 is 0 Å². The lowest BCUT2D eigenvalue weighted by Gasteiger charge is -2.35. The van der Waals surface area contributed by atoms with E-state index in [-0.39, 0.29) is 36.3 Å². The van der Waals surface area contributed by atoms with Crippen LogP contribution < -0.4 is 9.47 Å². The zero-order valence-corrected chi connectivity index (χ0v) is 17.8. The minimum Gasteiger partial charge on any atom is -0.454 e. The molecule has 1 saturated heterocycles. The quantitative estimate of drug-likeness (QED) is 0.666. The first kappa shape index (κ1) is 20.2. The van der Waals surface area contributed by atoms with Gasteiger partial charge in [0.15, 0.2) is 11.5 Å². The molecule has 2 aliphatic heterocycles. The summed E-state index contributed by atoms with van der Waals surface area (Å²) in [7, 11) is 0. The third kappa shape index (κ3) is 4.35. The summed E-state index contributed by atoms with van der Waals surface area (Å²) in [5.41, 5.74) is 1.12. The zero-order chi connectivity index (χ0) is 21.4. The van der Waals surface area contributed by atoms with E-state index in [4.69, 9.17) is 9.47 Å². The third-order valence-corrected chi connectivity index (χ3v) is 7.05. The molecule has 5 rings (SSSR count). The maximum absolute atomic E-state index is 13.0. The summed E-state index contributed by atoms with van der Waals surface area (Å²) in [6.07, 6.45) is 0.853. The van der Waals surface area contributed by atoms with Gasteiger partial charge in [-0.05, 0) is 54.3 Å². The summed E-state index contributed by atoms with van der Waals surface area (Å²) in [5, 5.41) is 0. The number of rotatable bonds is 5. The molecule has 31 heavy (non-hydrogen) atoms. The summed E-state index contributed by atoms with van der Waals surface area (Å²) >= 11 is 1.40. The number of thioether (sulfide) groups is 1. The van der Waals surface area contributed by atoms with Crippen LogP contribution >= 0.6 is 11.8 Å². The molecule has 1 aliphatic carbocycles. The second-order valence-corrected chi connectivity index (χ2v) is 9.06. The summed E-state index contributed by atoms with van der Waals surface area (Å²) < 4.78 is 23.8. The average molecular weight is 443 g/mol. The minimum atomic E-state index is -0.284. The van der Waals surface area contributed by atoms with Crippen LogP contribution in [0.2, 0.25) is 0 Å². The molecule has 0 aromatic heterocycles. The van der Waals surface area contributed by atoms with E-state index in [1.807, 2.05) is 28.0 Å². The largest absolute Gasteiger partial charge is 0.454 e. The number of ether oxygens (including phenoxy) is 2. The summed E-state index contributed by atoms with van der Waals surface area (Å²) in [6, 6.07) is 12.0. The van der Waals surface area contributed by atoms with E-state index in [1.165, 1.54) is 23.9 Å². The molecule has 0 radical (unpaired) electrons. The van der Waals surface area contributed by atoms with E-state index in [0.29, 0.717) is 31.9 Å². The molecule has 2 heterocycles. The topological polar surface area (TPSA) is 59.1 Å². The highest BCUT2D eigenvalue weighted by Crippen LogP contribution is 2.50. The lowest BCUT2D eigenvalue weighted by atomic mass is 10.1. The number of hydrogen-bond donors (Lipinski definition) is 0. The smallest absolute Gasteiger partial charge is 0.233 e. The van der Waals surface area contributed by atoms with Crippen LogP contribution in [-0.4, -0.2) is 60.3 Å². The van der Waals surface area contributed by atoms with Gasteiger partial charge in [-0.3, -0.25) is 9.59 Å². The van der Waals surface area contributed by atoms with Gasteiger partial charge in [-0.2, -0.15) is 0 Å². The minimum absolute atomic E-state index is 0.0108. The van der Waals surface area contributed by atoms with Crippen molar-refractivity contribution in [1.29, 1.82) is 0 Å². The Balaban J connectivity index is 1.09. The number of carbonyl (C=O) groups excluding carboxylic acids is 2. The first-order chi connectivity index (χ1) is 15.1. The van der Waals surface area contributed by atoms with E-state index < -0.39 is 0 Å². The Bertz CT molecular complexity index is 992. The molecule has 6 nitrogen and oxygen atoms in total. The Morgan fingerprint density at radius 1 is 0.968 bits per heavy atom. The van der Waals surface area contributed by atoms with Crippen LogP contribution in [0.25, 0.3) is 0 Å². The molecule has 2 fully saturated rings. The van der Waals surface area contributed by atoms with Crippen molar-refractivity contribution in [3.63, 3.8) is 0 Å². The monoisotopic (exact) mass is 442 g/mol. The first-order valence-corrected chi connectivity index (χ1v) is 11.4. The molecule has 2 unspecified atom stereocenters. The van der Waals surface area contributed by atoms with Crippen molar-refractivity contribution in [2.24, 2.45) is 5.92 Å². The average Bonchev–Trinajstić information content (AvgIpc) is 3.47. The normalized spacial score (nSPS) is 21.8. The molecule has 8 heteroatoms. The van der Waals surface area contributed by atoms with Crippen molar-refractivity contribution >= 4 is 23.6 Å². The Morgan fingerprint density at radius 3 is 2.45 bits per heavy atom. The van der Waals surface area contributed by atoms with Crippen LogP contribution in [0.1, 0.15) is 17.9 Å². The van der Waals surface area contributed by atoms with Crippen molar-refractivity contribution < 1.29 is 23.5 Å². The van der Waals surface area contributed by atoms with Crippen LogP contribution in [0.3, 0.4) is 0 Å². The number of nitrogens with zero attached hydrogens (tertiary/aromatic N) is 2. The maximum Gasteiger partial charge on any atom is 0.233 e. The number of carbonyl (C=O) groups is 2. The van der Waals surface area contributed by atoms with Gasteiger partial charge in [0.2, 0.25) is 18.6 Å². The van der Waals surface area contributed by atoms with Gasteiger partial charge in [0.25, 0.3) is 0 Å². The molecular weight excluding hydrogens is 419 g/mol. The van der Waals surface area contributed by atoms with Crippen LogP contribution in [0.5, 0.6) is 11.5 Å². The molecule has 2 atom stereocenters. The second-order valence-electron chi connectivity index (χ2n) is 8.01. The van der Waals surface area contributed by atoms with Gasteiger partial charge in [-0.1, -0.05) is 6.07 Å². The second kappa shape index (κ2) is 8.42. The SMILES string of the molecule is O=C(CSc1ccc(F)cc1)N1CCN(C(=O)C2CC2c2ccc3c(c2)OCO3)CC1. The Hall–Kier alpha value is -2.74. The van der Waals surface area contributed by atoms with Crippen LogP contribution in [0, 0.1) is 11.7 Å². The summed E-state index contributed by atoms with van der Waals surface area (Å²) in [5.74, 6) is 2.00. The number of benzene rings is 2. The Kier molecular flexibility index (Phi) is 5.48. The highest BCUT2D eigenvalue weighted by Gasteiger charge is 2.46. The molecule has 2 aromatic carbocycles.